The zero-order valence-corrected chi connectivity index (χ0v) is 12.7. The highest BCUT2D eigenvalue weighted by molar-refractivity contribution is 5.99. The van der Waals surface area contributed by atoms with E-state index in [0.717, 1.165) is 17.3 Å². The molecule has 0 spiro atoms. The maximum Gasteiger partial charge on any atom is 0.308 e. The maximum atomic E-state index is 12.8. The number of para-hydroxylation sites is 1. The molecule has 3 rings (SSSR count). The topological polar surface area (TPSA) is 62.5 Å². The molecular formula is C17H20N2O3. The third-order valence-corrected chi connectivity index (χ3v) is 4.40. The minimum atomic E-state index is -0.812. The van der Waals surface area contributed by atoms with Crippen LogP contribution in [0.2, 0.25) is 0 Å². The summed E-state index contributed by atoms with van der Waals surface area (Å²) in [6, 6.07) is 9.83. The number of carbonyl (C=O) groups excluding carboxylic acids is 1. The van der Waals surface area contributed by atoms with Crippen LogP contribution in [-0.2, 0) is 11.3 Å². The summed E-state index contributed by atoms with van der Waals surface area (Å²) in [5.74, 6) is -1.32. The Bertz CT molecular complexity index is 720. The highest BCUT2D eigenvalue weighted by Crippen LogP contribution is 2.23. The number of carboxylic acids is 1. The lowest BCUT2D eigenvalue weighted by Gasteiger charge is -2.30. The Kier molecular flexibility index (Phi) is 3.88. The fourth-order valence-electron chi connectivity index (χ4n) is 3.25. The van der Waals surface area contributed by atoms with Crippen LogP contribution in [-0.4, -0.2) is 39.5 Å². The number of rotatable bonds is 3. The summed E-state index contributed by atoms with van der Waals surface area (Å²) in [7, 11) is 0. The van der Waals surface area contributed by atoms with E-state index in [4.69, 9.17) is 0 Å². The molecule has 1 amide bonds. The van der Waals surface area contributed by atoms with Gasteiger partial charge in [-0.15, -0.1) is 0 Å². The number of benzene rings is 1. The third kappa shape index (κ3) is 2.47. The number of hydrogen-bond acceptors (Lipinski definition) is 2. The second-order valence-corrected chi connectivity index (χ2v) is 5.76. The van der Waals surface area contributed by atoms with Crippen molar-refractivity contribution < 1.29 is 14.7 Å². The number of piperidine rings is 1. The molecule has 0 unspecified atom stereocenters. The Balaban J connectivity index is 1.93. The standard InChI is InChI=1S/C17H20N2O3/c1-2-19-14-8-4-3-6-12(14)10-15(19)16(20)18-9-5-7-13(11-18)17(21)22/h3-4,6,8,10,13H,2,5,7,9,11H2,1H3,(H,21,22)/t13-/m1/s1. The molecule has 22 heavy (non-hydrogen) atoms. The summed E-state index contributed by atoms with van der Waals surface area (Å²) < 4.78 is 2.00. The zero-order valence-electron chi connectivity index (χ0n) is 12.7. The molecule has 5 heteroatoms. The van der Waals surface area contributed by atoms with Gasteiger partial charge < -0.3 is 14.6 Å². The first kappa shape index (κ1) is 14.6. The quantitative estimate of drug-likeness (QED) is 0.947. The normalized spacial score (nSPS) is 18.6. The SMILES string of the molecule is CCn1c(C(=O)N2CCC[C@@H](C(=O)O)C2)cc2ccccc21. The monoisotopic (exact) mass is 300 g/mol. The van der Waals surface area contributed by atoms with Gasteiger partial charge in [0, 0.05) is 30.5 Å². The van der Waals surface area contributed by atoms with Crippen molar-refractivity contribution in [3.05, 3.63) is 36.0 Å². The molecule has 0 bridgehead atoms. The largest absolute Gasteiger partial charge is 0.481 e. The second-order valence-electron chi connectivity index (χ2n) is 5.76. The lowest BCUT2D eigenvalue weighted by atomic mass is 9.98. The fraction of sp³-hybridized carbons (Fsp3) is 0.412. The number of hydrogen-bond donors (Lipinski definition) is 1. The number of nitrogens with zero attached hydrogens (tertiary/aromatic N) is 2. The number of aromatic nitrogens is 1. The van der Waals surface area contributed by atoms with Crippen molar-refractivity contribution in [2.24, 2.45) is 5.92 Å². The highest BCUT2D eigenvalue weighted by Gasteiger charge is 2.30. The summed E-state index contributed by atoms with van der Waals surface area (Å²) in [6.45, 7) is 3.66. The minimum Gasteiger partial charge on any atom is -0.481 e. The van der Waals surface area contributed by atoms with Gasteiger partial charge in [-0.2, -0.15) is 0 Å². The molecule has 1 aliphatic heterocycles. The van der Waals surface area contributed by atoms with Crippen LogP contribution in [0.25, 0.3) is 10.9 Å². The van der Waals surface area contributed by atoms with Gasteiger partial charge in [0.15, 0.2) is 0 Å². The molecule has 0 aliphatic carbocycles. The first-order chi connectivity index (χ1) is 10.6. The Morgan fingerprint density at radius 2 is 2.09 bits per heavy atom. The molecule has 1 fully saturated rings. The van der Waals surface area contributed by atoms with Crippen molar-refractivity contribution in [1.29, 1.82) is 0 Å². The minimum absolute atomic E-state index is 0.0657. The van der Waals surface area contributed by atoms with Gasteiger partial charge >= 0.3 is 5.97 Å². The predicted octanol–water partition coefficient (Wildman–Crippen LogP) is 2.60. The summed E-state index contributed by atoms with van der Waals surface area (Å²) >= 11 is 0. The van der Waals surface area contributed by atoms with Crippen molar-refractivity contribution in [3.8, 4) is 0 Å². The Morgan fingerprint density at radius 1 is 1.32 bits per heavy atom. The van der Waals surface area contributed by atoms with E-state index in [0.29, 0.717) is 31.7 Å². The van der Waals surface area contributed by atoms with E-state index in [1.54, 1.807) is 4.90 Å². The van der Waals surface area contributed by atoms with Crippen LogP contribution in [0.5, 0.6) is 0 Å². The van der Waals surface area contributed by atoms with Crippen molar-refractivity contribution in [2.75, 3.05) is 13.1 Å². The molecule has 5 nitrogen and oxygen atoms in total. The Morgan fingerprint density at radius 3 is 2.82 bits per heavy atom. The molecule has 0 saturated carbocycles. The van der Waals surface area contributed by atoms with Crippen LogP contribution in [0.15, 0.2) is 30.3 Å². The third-order valence-electron chi connectivity index (χ3n) is 4.40. The van der Waals surface area contributed by atoms with Gasteiger partial charge in [0.05, 0.1) is 5.92 Å². The van der Waals surface area contributed by atoms with Crippen molar-refractivity contribution in [1.82, 2.24) is 9.47 Å². The van der Waals surface area contributed by atoms with Crippen LogP contribution in [0.4, 0.5) is 0 Å². The lowest BCUT2D eigenvalue weighted by molar-refractivity contribution is -0.143. The van der Waals surface area contributed by atoms with Gasteiger partial charge in [-0.3, -0.25) is 9.59 Å². The van der Waals surface area contributed by atoms with Crippen molar-refractivity contribution >= 4 is 22.8 Å². The number of aryl methyl sites for hydroxylation is 1. The van der Waals surface area contributed by atoms with E-state index < -0.39 is 11.9 Å². The molecule has 0 radical (unpaired) electrons. The van der Waals surface area contributed by atoms with Crippen LogP contribution < -0.4 is 0 Å². The van der Waals surface area contributed by atoms with Gasteiger partial charge in [0.25, 0.3) is 5.91 Å². The fourth-order valence-corrected chi connectivity index (χ4v) is 3.25. The number of carbonyl (C=O) groups is 2. The van der Waals surface area contributed by atoms with Crippen LogP contribution in [0.1, 0.15) is 30.3 Å². The zero-order chi connectivity index (χ0) is 15.7. The van der Waals surface area contributed by atoms with E-state index in [9.17, 15) is 14.7 Å². The smallest absolute Gasteiger partial charge is 0.308 e. The molecule has 1 aromatic carbocycles. The second kappa shape index (κ2) is 5.83. The van der Waals surface area contributed by atoms with Crippen LogP contribution >= 0.6 is 0 Å². The van der Waals surface area contributed by atoms with Gasteiger partial charge in [-0.25, -0.2) is 0 Å². The number of carboxylic acid groups (broad SMARTS) is 1. The van der Waals surface area contributed by atoms with Gasteiger partial charge in [-0.1, -0.05) is 18.2 Å². The van der Waals surface area contributed by atoms with Crippen molar-refractivity contribution in [2.45, 2.75) is 26.3 Å². The summed E-state index contributed by atoms with van der Waals surface area (Å²) in [5, 5.41) is 10.2. The molecule has 1 atom stereocenters. The molecular weight excluding hydrogens is 280 g/mol. The lowest BCUT2D eigenvalue weighted by Crippen LogP contribution is -2.42. The molecule has 2 heterocycles. The van der Waals surface area contributed by atoms with Crippen molar-refractivity contribution in [3.63, 3.8) is 0 Å². The molecule has 1 N–H and O–H groups in total. The highest BCUT2D eigenvalue weighted by atomic mass is 16.4. The Hall–Kier alpha value is -2.30. The van der Waals surface area contributed by atoms with E-state index in [1.165, 1.54) is 0 Å². The molecule has 1 saturated heterocycles. The maximum absolute atomic E-state index is 12.8. The number of amides is 1. The van der Waals surface area contributed by atoms with E-state index in [1.807, 2.05) is 41.8 Å². The predicted molar refractivity (Wildman–Crippen MR) is 83.9 cm³/mol. The first-order valence-corrected chi connectivity index (χ1v) is 7.72. The van der Waals surface area contributed by atoms with Gasteiger partial charge in [-0.05, 0) is 31.9 Å². The summed E-state index contributed by atoms with van der Waals surface area (Å²) in [6.07, 6.45) is 1.39. The molecule has 116 valence electrons. The van der Waals surface area contributed by atoms with E-state index in [2.05, 4.69) is 0 Å². The van der Waals surface area contributed by atoms with E-state index in [-0.39, 0.29) is 5.91 Å². The first-order valence-electron chi connectivity index (χ1n) is 7.72. The number of aliphatic carboxylic acids is 1. The molecule has 1 aromatic heterocycles. The average Bonchev–Trinajstić information content (AvgIpc) is 2.92. The van der Waals surface area contributed by atoms with Crippen LogP contribution in [0.3, 0.4) is 0 Å². The summed E-state index contributed by atoms with van der Waals surface area (Å²) in [4.78, 5) is 25.7. The summed E-state index contributed by atoms with van der Waals surface area (Å²) in [5.41, 5.74) is 1.69. The molecule has 1 aliphatic rings. The average molecular weight is 300 g/mol. The number of fused-ring (bicyclic) bond motifs is 1. The van der Waals surface area contributed by atoms with Gasteiger partial charge in [0.1, 0.15) is 5.69 Å². The van der Waals surface area contributed by atoms with Gasteiger partial charge in [0.2, 0.25) is 0 Å². The Labute approximate surface area is 129 Å². The van der Waals surface area contributed by atoms with E-state index >= 15 is 0 Å². The van der Waals surface area contributed by atoms with Crippen LogP contribution in [0, 0.1) is 5.92 Å². The number of likely N-dealkylation sites (tertiary alicyclic amines) is 1. The molecule has 2 aromatic rings.